The molecule has 1 aliphatic heterocycles. The van der Waals surface area contributed by atoms with Crippen LogP contribution in [0.3, 0.4) is 0 Å². The molecule has 1 heterocycles. The second kappa shape index (κ2) is 8.71. The maximum absolute atomic E-state index is 14.3. The average molecular weight is 463 g/mol. The Balaban J connectivity index is 1.67. The van der Waals surface area contributed by atoms with Crippen LogP contribution in [0.1, 0.15) is 30.9 Å². The number of hydrogen-bond acceptors (Lipinski definition) is 2. The van der Waals surface area contributed by atoms with Gasteiger partial charge < -0.3 is 0 Å². The molecular weight excluding hydrogens is 439 g/mol. The normalized spacial score (nSPS) is 21.9. The predicted octanol–water partition coefficient (Wildman–Crippen LogP) is 6.70. The molecule has 0 bridgehead atoms. The summed E-state index contributed by atoms with van der Waals surface area (Å²) in [7, 11) is 0. The Kier molecular flexibility index (Phi) is 6.04. The zero-order valence-electron chi connectivity index (χ0n) is 17.0. The van der Waals surface area contributed by atoms with Crippen molar-refractivity contribution in [1.82, 2.24) is 4.90 Å². The van der Waals surface area contributed by atoms with Gasteiger partial charge in [-0.05, 0) is 66.3 Å². The van der Waals surface area contributed by atoms with E-state index in [9.17, 15) is 9.65 Å². The minimum Gasteiger partial charge on any atom is -0.296 e. The van der Waals surface area contributed by atoms with Crippen LogP contribution in [0.5, 0.6) is 0 Å². The summed E-state index contributed by atoms with van der Waals surface area (Å²) in [5.74, 6) is -0.292. The van der Waals surface area contributed by atoms with Crippen LogP contribution >= 0.6 is 15.9 Å². The van der Waals surface area contributed by atoms with Crippen molar-refractivity contribution in [3.05, 3.63) is 94.2 Å². The van der Waals surface area contributed by atoms with Crippen molar-refractivity contribution in [3.63, 3.8) is 0 Å². The minimum absolute atomic E-state index is 0.222. The van der Waals surface area contributed by atoms with Gasteiger partial charge in [0.25, 0.3) is 0 Å². The third kappa shape index (κ3) is 4.19. The molecule has 0 aliphatic carbocycles. The minimum atomic E-state index is -0.697. The van der Waals surface area contributed by atoms with Crippen molar-refractivity contribution in [3.8, 4) is 17.2 Å². The third-order valence-electron chi connectivity index (χ3n) is 6.19. The highest BCUT2D eigenvalue weighted by atomic mass is 79.9. The van der Waals surface area contributed by atoms with Crippen molar-refractivity contribution in [2.45, 2.75) is 37.8 Å². The van der Waals surface area contributed by atoms with Crippen LogP contribution in [0.2, 0.25) is 0 Å². The molecule has 1 fully saturated rings. The summed E-state index contributed by atoms with van der Waals surface area (Å²) >= 11 is 3.47. The zero-order chi connectivity index (χ0) is 21.1. The fourth-order valence-corrected chi connectivity index (χ4v) is 4.81. The van der Waals surface area contributed by atoms with Crippen molar-refractivity contribution >= 4 is 15.9 Å². The predicted molar refractivity (Wildman–Crippen MR) is 122 cm³/mol. The fraction of sp³-hybridized carbons (Fsp3) is 0.269. The summed E-state index contributed by atoms with van der Waals surface area (Å²) in [5, 5.41) is 10.3. The second-order valence-corrected chi connectivity index (χ2v) is 9.07. The number of nitrogens with zero attached hydrogens (tertiary/aromatic N) is 2. The number of piperidine rings is 1. The van der Waals surface area contributed by atoms with E-state index >= 15 is 0 Å². The first kappa shape index (κ1) is 20.8. The van der Waals surface area contributed by atoms with E-state index in [1.165, 1.54) is 11.6 Å². The van der Waals surface area contributed by atoms with E-state index in [1.807, 2.05) is 36.4 Å². The molecule has 4 heteroatoms. The molecule has 0 amide bonds. The van der Waals surface area contributed by atoms with Crippen molar-refractivity contribution in [2.24, 2.45) is 0 Å². The van der Waals surface area contributed by atoms with Crippen LogP contribution in [0.15, 0.2) is 77.3 Å². The average Bonchev–Trinajstić information content (AvgIpc) is 2.77. The van der Waals surface area contributed by atoms with E-state index in [2.05, 4.69) is 58.1 Å². The van der Waals surface area contributed by atoms with Gasteiger partial charge in [0.1, 0.15) is 5.82 Å². The van der Waals surface area contributed by atoms with Crippen LogP contribution in [-0.2, 0) is 12.0 Å². The maximum Gasteiger partial charge on any atom is 0.123 e. The number of rotatable bonds is 4. The van der Waals surface area contributed by atoms with Crippen LogP contribution in [0.4, 0.5) is 4.39 Å². The lowest BCUT2D eigenvalue weighted by Crippen LogP contribution is -2.47. The number of benzene rings is 3. The molecule has 4 rings (SSSR count). The van der Waals surface area contributed by atoms with Crippen LogP contribution < -0.4 is 0 Å². The molecule has 3 aromatic carbocycles. The molecule has 0 spiro atoms. The van der Waals surface area contributed by atoms with E-state index in [0.29, 0.717) is 12.8 Å². The van der Waals surface area contributed by atoms with E-state index in [-0.39, 0.29) is 11.9 Å². The number of nitriles is 1. The van der Waals surface area contributed by atoms with Gasteiger partial charge >= 0.3 is 0 Å². The highest BCUT2D eigenvalue weighted by Crippen LogP contribution is 2.43. The first-order chi connectivity index (χ1) is 14.5. The van der Waals surface area contributed by atoms with Crippen LogP contribution in [0, 0.1) is 17.1 Å². The largest absolute Gasteiger partial charge is 0.296 e. The third-order valence-corrected chi connectivity index (χ3v) is 6.72. The number of hydrogen-bond donors (Lipinski definition) is 0. The summed E-state index contributed by atoms with van der Waals surface area (Å²) in [6.07, 6.45) is 1.37. The molecule has 1 aliphatic rings. The van der Waals surface area contributed by atoms with Crippen molar-refractivity contribution in [1.29, 1.82) is 5.26 Å². The molecule has 3 aromatic rings. The molecule has 0 unspecified atom stereocenters. The van der Waals surface area contributed by atoms with Crippen molar-refractivity contribution < 1.29 is 4.39 Å². The summed E-state index contributed by atoms with van der Waals surface area (Å²) in [4.78, 5) is 2.42. The van der Waals surface area contributed by atoms with Gasteiger partial charge in [-0.1, -0.05) is 64.5 Å². The van der Waals surface area contributed by atoms with Crippen molar-refractivity contribution in [2.75, 3.05) is 6.54 Å². The molecule has 152 valence electrons. The molecule has 0 N–H and O–H groups in total. The highest BCUT2D eigenvalue weighted by molar-refractivity contribution is 9.10. The summed E-state index contributed by atoms with van der Waals surface area (Å²) < 4.78 is 15.3. The van der Waals surface area contributed by atoms with Crippen LogP contribution in [-0.4, -0.2) is 17.5 Å². The SMILES string of the molecule is C[C@H]1C[C@](C#N)(c2cc(F)ccc2-c2ccc(Br)cc2)CCN1Cc1ccccc1. The van der Waals surface area contributed by atoms with Crippen LogP contribution in [0.25, 0.3) is 11.1 Å². The van der Waals surface area contributed by atoms with E-state index in [0.717, 1.165) is 34.3 Å². The quantitative estimate of drug-likeness (QED) is 0.431. The molecule has 30 heavy (non-hydrogen) atoms. The van der Waals surface area contributed by atoms with E-state index in [4.69, 9.17) is 0 Å². The highest BCUT2D eigenvalue weighted by Gasteiger charge is 2.41. The zero-order valence-corrected chi connectivity index (χ0v) is 18.6. The van der Waals surface area contributed by atoms with E-state index < -0.39 is 5.41 Å². The van der Waals surface area contributed by atoms with Gasteiger partial charge in [-0.3, -0.25) is 4.90 Å². The standard InChI is InChI=1S/C26H24BrFN2/c1-19-16-26(18-29,13-14-30(19)17-20-5-3-2-4-6-20)25-15-23(28)11-12-24(25)21-7-9-22(27)10-8-21/h2-12,15,19H,13-14,16-17H2,1H3/t19-,26+/m0/s1. The summed E-state index contributed by atoms with van der Waals surface area (Å²) in [6, 6.07) is 26.1. The summed E-state index contributed by atoms with van der Waals surface area (Å²) in [6.45, 7) is 3.85. The van der Waals surface area contributed by atoms with Gasteiger partial charge in [0, 0.05) is 23.6 Å². The van der Waals surface area contributed by atoms with Gasteiger partial charge in [0.05, 0.1) is 11.5 Å². The Labute approximate surface area is 186 Å². The fourth-order valence-electron chi connectivity index (χ4n) is 4.54. The Bertz CT molecular complexity index is 1060. The monoisotopic (exact) mass is 462 g/mol. The Hall–Kier alpha value is -2.48. The molecule has 1 saturated heterocycles. The van der Waals surface area contributed by atoms with E-state index in [1.54, 1.807) is 6.07 Å². The maximum atomic E-state index is 14.3. The Morgan fingerprint density at radius 1 is 1.10 bits per heavy atom. The molecular formula is C26H24BrFN2. The van der Waals surface area contributed by atoms with Gasteiger partial charge in [-0.15, -0.1) is 0 Å². The molecule has 2 atom stereocenters. The number of likely N-dealkylation sites (tertiary alicyclic amines) is 1. The number of halogens is 2. The molecule has 0 aromatic heterocycles. The van der Waals surface area contributed by atoms with Gasteiger partial charge in [0.15, 0.2) is 0 Å². The Morgan fingerprint density at radius 2 is 1.83 bits per heavy atom. The lowest BCUT2D eigenvalue weighted by molar-refractivity contribution is 0.117. The molecule has 0 radical (unpaired) electrons. The van der Waals surface area contributed by atoms with Gasteiger partial charge in [0.2, 0.25) is 0 Å². The molecule has 0 saturated carbocycles. The van der Waals surface area contributed by atoms with Gasteiger partial charge in [-0.25, -0.2) is 4.39 Å². The van der Waals surface area contributed by atoms with Gasteiger partial charge in [-0.2, -0.15) is 5.26 Å². The lowest BCUT2D eigenvalue weighted by atomic mass is 9.69. The first-order valence-electron chi connectivity index (χ1n) is 10.3. The second-order valence-electron chi connectivity index (χ2n) is 8.15. The first-order valence-corrected chi connectivity index (χ1v) is 11.1. The molecule has 2 nitrogen and oxygen atoms in total. The Morgan fingerprint density at radius 3 is 2.50 bits per heavy atom. The topological polar surface area (TPSA) is 27.0 Å². The lowest BCUT2D eigenvalue weighted by Gasteiger charge is -2.43. The summed E-state index contributed by atoms with van der Waals surface area (Å²) in [5.41, 5.74) is 3.32. The smallest absolute Gasteiger partial charge is 0.123 e.